The van der Waals surface area contributed by atoms with Crippen molar-refractivity contribution in [3.63, 3.8) is 0 Å². The maximum atomic E-state index is 14.2. The minimum Gasteiger partial charge on any atom is -0.395 e. The first-order valence-corrected chi connectivity index (χ1v) is 9.75. The van der Waals surface area contributed by atoms with Crippen molar-refractivity contribution in [3.8, 4) is 0 Å². The molecule has 4 rings (SSSR count). The van der Waals surface area contributed by atoms with E-state index in [0.717, 1.165) is 37.6 Å². The molecule has 0 bridgehead atoms. The van der Waals surface area contributed by atoms with E-state index in [-0.39, 0.29) is 18.7 Å². The number of hydrogen-bond acceptors (Lipinski definition) is 5. The van der Waals surface area contributed by atoms with Gasteiger partial charge < -0.3 is 5.11 Å². The number of hydrogen-bond donors (Lipinski definition) is 1. The molecule has 2 heterocycles. The zero-order chi connectivity index (χ0) is 18.8. The standard InChI is InChI=1S/C19H25F2N5O/c20-14-7-6-13(17(21)10-14)11-25-16(12-27)8-9-18(25)19-22-23-24-26(19)15-4-2-1-3-5-15/h6-7,10,15-16,18,27H,1-5,8-9,11-12H2/t16-,18-/m0/s1. The number of tetrazole rings is 1. The Balaban J connectivity index is 1.61. The van der Waals surface area contributed by atoms with E-state index < -0.39 is 11.6 Å². The fourth-order valence-corrected chi connectivity index (χ4v) is 4.50. The van der Waals surface area contributed by atoms with Crippen LogP contribution in [0.15, 0.2) is 18.2 Å². The smallest absolute Gasteiger partial charge is 0.168 e. The first-order chi connectivity index (χ1) is 13.2. The second kappa shape index (κ2) is 7.98. The van der Waals surface area contributed by atoms with Crippen molar-refractivity contribution in [2.45, 2.75) is 69.6 Å². The van der Waals surface area contributed by atoms with E-state index >= 15 is 0 Å². The summed E-state index contributed by atoms with van der Waals surface area (Å²) >= 11 is 0. The van der Waals surface area contributed by atoms with Crippen LogP contribution in [0.2, 0.25) is 0 Å². The van der Waals surface area contributed by atoms with Crippen LogP contribution in [-0.4, -0.2) is 42.9 Å². The van der Waals surface area contributed by atoms with E-state index in [4.69, 9.17) is 0 Å². The highest BCUT2D eigenvalue weighted by Gasteiger charge is 2.38. The highest BCUT2D eigenvalue weighted by atomic mass is 19.1. The summed E-state index contributed by atoms with van der Waals surface area (Å²) in [4.78, 5) is 2.06. The summed E-state index contributed by atoms with van der Waals surface area (Å²) in [7, 11) is 0. The average molecular weight is 377 g/mol. The Hall–Kier alpha value is -1.93. The summed E-state index contributed by atoms with van der Waals surface area (Å²) < 4.78 is 29.4. The SMILES string of the molecule is OC[C@@H]1CC[C@@H](c2nnnn2C2CCCCC2)N1Cc1ccc(F)cc1F. The molecule has 1 aromatic carbocycles. The first-order valence-electron chi connectivity index (χ1n) is 9.75. The highest BCUT2D eigenvalue weighted by Crippen LogP contribution is 2.38. The van der Waals surface area contributed by atoms with Crippen molar-refractivity contribution in [1.82, 2.24) is 25.1 Å². The molecule has 0 spiro atoms. The van der Waals surface area contributed by atoms with Gasteiger partial charge >= 0.3 is 0 Å². The molecule has 1 aliphatic carbocycles. The molecule has 0 radical (unpaired) electrons. The molecule has 1 N–H and O–H groups in total. The summed E-state index contributed by atoms with van der Waals surface area (Å²) in [5, 5.41) is 22.3. The molecule has 1 aliphatic heterocycles. The Morgan fingerprint density at radius 1 is 1.07 bits per heavy atom. The molecular formula is C19H25F2N5O. The molecule has 27 heavy (non-hydrogen) atoms. The number of halogens is 2. The maximum absolute atomic E-state index is 14.2. The highest BCUT2D eigenvalue weighted by molar-refractivity contribution is 5.19. The minimum atomic E-state index is -0.589. The fraction of sp³-hybridized carbons (Fsp3) is 0.632. The third kappa shape index (κ3) is 3.73. The summed E-state index contributed by atoms with van der Waals surface area (Å²) in [6, 6.07) is 3.78. The van der Waals surface area contributed by atoms with Gasteiger partial charge in [0, 0.05) is 24.2 Å². The lowest BCUT2D eigenvalue weighted by atomic mass is 9.95. The van der Waals surface area contributed by atoms with Crippen LogP contribution < -0.4 is 0 Å². The number of aliphatic hydroxyl groups is 1. The van der Waals surface area contributed by atoms with Gasteiger partial charge in [0.1, 0.15) is 11.6 Å². The third-order valence-electron chi connectivity index (χ3n) is 5.96. The predicted octanol–water partition coefficient (Wildman–Crippen LogP) is 3.15. The molecule has 0 unspecified atom stereocenters. The normalized spacial score (nSPS) is 24.6. The molecule has 2 aliphatic rings. The number of aliphatic hydroxyl groups excluding tert-OH is 1. The van der Waals surface area contributed by atoms with Crippen LogP contribution in [0.25, 0.3) is 0 Å². The van der Waals surface area contributed by atoms with Gasteiger partial charge in [-0.15, -0.1) is 5.10 Å². The Kier molecular flexibility index (Phi) is 5.45. The monoisotopic (exact) mass is 377 g/mol. The molecule has 146 valence electrons. The van der Waals surface area contributed by atoms with E-state index in [0.29, 0.717) is 18.2 Å². The van der Waals surface area contributed by atoms with Crippen LogP contribution in [0.4, 0.5) is 8.78 Å². The number of benzene rings is 1. The summed E-state index contributed by atoms with van der Waals surface area (Å²) in [5.74, 6) is -0.362. The van der Waals surface area contributed by atoms with Gasteiger partial charge in [0.2, 0.25) is 0 Å². The van der Waals surface area contributed by atoms with Crippen molar-refractivity contribution in [2.24, 2.45) is 0 Å². The van der Waals surface area contributed by atoms with E-state index in [2.05, 4.69) is 20.4 Å². The number of aromatic nitrogens is 4. The van der Waals surface area contributed by atoms with Gasteiger partial charge in [0.15, 0.2) is 5.82 Å². The molecule has 1 saturated heterocycles. The molecular weight excluding hydrogens is 352 g/mol. The van der Waals surface area contributed by atoms with Gasteiger partial charge in [-0.25, -0.2) is 13.5 Å². The van der Waals surface area contributed by atoms with E-state index in [1.807, 2.05) is 4.68 Å². The van der Waals surface area contributed by atoms with Crippen LogP contribution in [-0.2, 0) is 6.54 Å². The van der Waals surface area contributed by atoms with Gasteiger partial charge in [-0.05, 0) is 42.2 Å². The van der Waals surface area contributed by atoms with E-state index in [1.54, 1.807) is 0 Å². The lowest BCUT2D eigenvalue weighted by Crippen LogP contribution is -2.35. The van der Waals surface area contributed by atoms with Gasteiger partial charge in [0.05, 0.1) is 18.7 Å². The maximum Gasteiger partial charge on any atom is 0.168 e. The molecule has 2 aromatic rings. The summed E-state index contributed by atoms with van der Waals surface area (Å²) in [5.41, 5.74) is 0.415. The fourth-order valence-electron chi connectivity index (χ4n) is 4.50. The Labute approximate surface area is 157 Å². The zero-order valence-electron chi connectivity index (χ0n) is 15.3. The Morgan fingerprint density at radius 2 is 1.89 bits per heavy atom. The summed E-state index contributed by atoms with van der Waals surface area (Å²) in [6.07, 6.45) is 7.35. The minimum absolute atomic E-state index is 0.00962. The lowest BCUT2D eigenvalue weighted by Gasteiger charge is -2.30. The van der Waals surface area contributed by atoms with Crippen LogP contribution in [0.3, 0.4) is 0 Å². The van der Waals surface area contributed by atoms with Crippen LogP contribution in [0.1, 0.15) is 68.4 Å². The molecule has 8 heteroatoms. The quantitative estimate of drug-likeness (QED) is 0.867. The van der Waals surface area contributed by atoms with Crippen molar-refractivity contribution in [1.29, 1.82) is 0 Å². The lowest BCUT2D eigenvalue weighted by molar-refractivity contribution is 0.114. The van der Waals surface area contributed by atoms with Crippen molar-refractivity contribution in [2.75, 3.05) is 6.61 Å². The molecule has 2 atom stereocenters. The number of likely N-dealkylation sites (tertiary alicyclic amines) is 1. The predicted molar refractivity (Wildman–Crippen MR) is 94.7 cm³/mol. The largest absolute Gasteiger partial charge is 0.395 e. The second-order valence-corrected chi connectivity index (χ2v) is 7.61. The molecule has 2 fully saturated rings. The van der Waals surface area contributed by atoms with Gasteiger partial charge in [-0.1, -0.05) is 25.3 Å². The first kappa shape index (κ1) is 18.4. The topological polar surface area (TPSA) is 67.1 Å². The average Bonchev–Trinajstić information content (AvgIpc) is 3.31. The Bertz CT molecular complexity index is 777. The summed E-state index contributed by atoms with van der Waals surface area (Å²) in [6.45, 7) is 0.282. The van der Waals surface area contributed by atoms with E-state index in [9.17, 15) is 13.9 Å². The molecule has 0 amide bonds. The second-order valence-electron chi connectivity index (χ2n) is 7.61. The molecule has 1 aromatic heterocycles. The number of rotatable bonds is 5. The Morgan fingerprint density at radius 3 is 2.63 bits per heavy atom. The molecule has 6 nitrogen and oxygen atoms in total. The van der Waals surface area contributed by atoms with Gasteiger partial charge in [0.25, 0.3) is 0 Å². The van der Waals surface area contributed by atoms with Crippen molar-refractivity contribution < 1.29 is 13.9 Å². The van der Waals surface area contributed by atoms with E-state index in [1.165, 1.54) is 31.4 Å². The van der Waals surface area contributed by atoms with Gasteiger partial charge in [-0.2, -0.15) is 0 Å². The van der Waals surface area contributed by atoms with Crippen LogP contribution >= 0.6 is 0 Å². The van der Waals surface area contributed by atoms with Crippen LogP contribution in [0, 0.1) is 11.6 Å². The van der Waals surface area contributed by atoms with Crippen LogP contribution in [0.5, 0.6) is 0 Å². The van der Waals surface area contributed by atoms with Gasteiger partial charge in [-0.3, -0.25) is 4.90 Å². The van der Waals surface area contributed by atoms with Crippen molar-refractivity contribution in [3.05, 3.63) is 41.2 Å². The number of nitrogens with zero attached hydrogens (tertiary/aromatic N) is 5. The van der Waals surface area contributed by atoms with Crippen molar-refractivity contribution >= 4 is 0 Å². The third-order valence-corrected chi connectivity index (χ3v) is 5.96. The molecule has 1 saturated carbocycles. The zero-order valence-corrected chi connectivity index (χ0v) is 15.3.